The highest BCUT2D eigenvalue weighted by Crippen LogP contribution is 2.54. The molecule has 0 atom stereocenters. The fourth-order valence-electron chi connectivity index (χ4n) is 3.02. The molecular formula is C15H18F4N2O2S. The highest BCUT2D eigenvalue weighted by atomic mass is 32.2. The van der Waals surface area contributed by atoms with Gasteiger partial charge in [0.1, 0.15) is 5.82 Å². The lowest BCUT2D eigenvalue weighted by atomic mass is 10.0. The van der Waals surface area contributed by atoms with E-state index in [0.717, 1.165) is 18.4 Å². The van der Waals surface area contributed by atoms with Gasteiger partial charge in [-0.2, -0.15) is 17.5 Å². The standard InChI is InChI=1S/C15H18F4N2O2S/c1-24(22,23)21(9-13(20)4-5-13)14(6-7-14)10-2-3-12(16)11(8-10)15(17,18)19/h2-3,8H,4-7,9,20H2,1H3. The Morgan fingerprint density at radius 3 is 2.21 bits per heavy atom. The van der Waals surface area contributed by atoms with Crippen LogP contribution in [-0.2, 0) is 21.7 Å². The van der Waals surface area contributed by atoms with Gasteiger partial charge in [-0.25, -0.2) is 12.8 Å². The van der Waals surface area contributed by atoms with Gasteiger partial charge in [-0.1, -0.05) is 6.07 Å². The van der Waals surface area contributed by atoms with Gasteiger partial charge in [0.05, 0.1) is 17.4 Å². The summed E-state index contributed by atoms with van der Waals surface area (Å²) in [5.41, 5.74) is 3.12. The molecule has 134 valence electrons. The zero-order valence-corrected chi connectivity index (χ0v) is 13.8. The minimum absolute atomic E-state index is 0.0601. The maximum Gasteiger partial charge on any atom is 0.419 e. The van der Waals surface area contributed by atoms with Gasteiger partial charge in [-0.3, -0.25) is 0 Å². The zero-order valence-electron chi connectivity index (χ0n) is 13.0. The van der Waals surface area contributed by atoms with Crippen molar-refractivity contribution in [2.24, 2.45) is 5.73 Å². The number of nitrogens with zero attached hydrogens (tertiary/aromatic N) is 1. The van der Waals surface area contributed by atoms with Gasteiger partial charge in [0.15, 0.2) is 0 Å². The number of sulfonamides is 1. The molecule has 0 heterocycles. The van der Waals surface area contributed by atoms with Gasteiger partial charge in [-0.15, -0.1) is 0 Å². The Hall–Kier alpha value is -1.19. The van der Waals surface area contributed by atoms with Crippen molar-refractivity contribution in [2.45, 2.75) is 42.9 Å². The van der Waals surface area contributed by atoms with E-state index in [2.05, 4.69) is 0 Å². The minimum Gasteiger partial charge on any atom is -0.324 e. The third-order valence-electron chi connectivity index (χ3n) is 4.76. The average molecular weight is 366 g/mol. The normalized spacial score (nSPS) is 21.8. The molecule has 0 aromatic heterocycles. The van der Waals surface area contributed by atoms with Gasteiger partial charge in [-0.05, 0) is 43.4 Å². The number of halogens is 4. The van der Waals surface area contributed by atoms with Crippen molar-refractivity contribution in [1.82, 2.24) is 4.31 Å². The molecule has 2 aliphatic carbocycles. The maximum atomic E-state index is 13.5. The SMILES string of the molecule is CS(=O)(=O)N(CC1(N)CC1)C1(c2ccc(F)c(C(F)(F)F)c2)CC1. The van der Waals surface area contributed by atoms with E-state index in [1.165, 1.54) is 10.4 Å². The molecule has 3 rings (SSSR count). The monoisotopic (exact) mass is 366 g/mol. The summed E-state index contributed by atoms with van der Waals surface area (Å²) in [6, 6.07) is 2.69. The molecule has 2 N–H and O–H groups in total. The van der Waals surface area contributed by atoms with E-state index >= 15 is 0 Å². The van der Waals surface area contributed by atoms with E-state index < -0.39 is 38.7 Å². The van der Waals surface area contributed by atoms with E-state index in [1.807, 2.05) is 0 Å². The van der Waals surface area contributed by atoms with Crippen molar-refractivity contribution in [2.75, 3.05) is 12.8 Å². The minimum atomic E-state index is -4.84. The van der Waals surface area contributed by atoms with Crippen LogP contribution in [-0.4, -0.2) is 31.1 Å². The molecule has 2 saturated carbocycles. The Kier molecular flexibility index (Phi) is 3.79. The first kappa shape index (κ1) is 17.6. The first-order valence-electron chi connectivity index (χ1n) is 7.51. The van der Waals surface area contributed by atoms with Crippen molar-refractivity contribution < 1.29 is 26.0 Å². The van der Waals surface area contributed by atoms with E-state index in [-0.39, 0.29) is 12.1 Å². The molecule has 0 aliphatic heterocycles. The summed E-state index contributed by atoms with van der Waals surface area (Å²) < 4.78 is 78.0. The topological polar surface area (TPSA) is 63.4 Å². The van der Waals surface area contributed by atoms with Gasteiger partial charge in [0.2, 0.25) is 10.0 Å². The molecule has 1 aromatic rings. The molecule has 0 spiro atoms. The fourth-order valence-corrected chi connectivity index (χ4v) is 4.44. The van der Waals surface area contributed by atoms with E-state index in [0.29, 0.717) is 25.7 Å². The first-order valence-corrected chi connectivity index (χ1v) is 9.36. The molecule has 9 heteroatoms. The predicted octanol–water partition coefficient (Wildman–Crippen LogP) is 2.59. The number of rotatable bonds is 5. The average Bonchev–Trinajstić information content (AvgIpc) is 3.32. The van der Waals surface area contributed by atoms with Crippen LogP contribution in [0.25, 0.3) is 0 Å². The summed E-state index contributed by atoms with van der Waals surface area (Å²) >= 11 is 0. The molecule has 0 saturated heterocycles. The Bertz CT molecular complexity index is 768. The van der Waals surface area contributed by atoms with Crippen LogP contribution < -0.4 is 5.73 Å². The Labute approximate surface area is 137 Å². The molecule has 4 nitrogen and oxygen atoms in total. The lowest BCUT2D eigenvalue weighted by molar-refractivity contribution is -0.140. The first-order chi connectivity index (χ1) is 10.9. The summed E-state index contributed by atoms with van der Waals surface area (Å²) in [7, 11) is -3.68. The molecule has 2 fully saturated rings. The molecule has 0 bridgehead atoms. The number of hydrogen-bond acceptors (Lipinski definition) is 3. The third-order valence-corrected chi connectivity index (χ3v) is 6.04. The molecule has 24 heavy (non-hydrogen) atoms. The number of benzene rings is 1. The maximum absolute atomic E-state index is 13.5. The van der Waals surface area contributed by atoms with Crippen molar-refractivity contribution in [1.29, 1.82) is 0 Å². The Balaban J connectivity index is 2.03. The van der Waals surface area contributed by atoms with Crippen LogP contribution in [0, 0.1) is 5.82 Å². The van der Waals surface area contributed by atoms with Crippen molar-refractivity contribution in [3.05, 3.63) is 35.1 Å². The zero-order chi connectivity index (χ0) is 18.0. The smallest absolute Gasteiger partial charge is 0.324 e. The van der Waals surface area contributed by atoms with E-state index in [9.17, 15) is 26.0 Å². The highest BCUT2D eigenvalue weighted by molar-refractivity contribution is 7.88. The lowest BCUT2D eigenvalue weighted by Crippen LogP contribution is -2.47. The Morgan fingerprint density at radius 1 is 1.21 bits per heavy atom. The van der Waals surface area contributed by atoms with Gasteiger partial charge >= 0.3 is 6.18 Å². The highest BCUT2D eigenvalue weighted by Gasteiger charge is 2.56. The number of hydrogen-bond donors (Lipinski definition) is 1. The van der Waals surface area contributed by atoms with Crippen LogP contribution in [0.5, 0.6) is 0 Å². The van der Waals surface area contributed by atoms with Crippen LogP contribution in [0.15, 0.2) is 18.2 Å². The third kappa shape index (κ3) is 3.16. The largest absolute Gasteiger partial charge is 0.419 e. The van der Waals surface area contributed by atoms with Crippen molar-refractivity contribution in [3.8, 4) is 0 Å². The van der Waals surface area contributed by atoms with E-state index in [1.54, 1.807) is 0 Å². The lowest BCUT2D eigenvalue weighted by Gasteiger charge is -2.32. The number of nitrogens with two attached hydrogens (primary N) is 1. The van der Waals surface area contributed by atoms with Crippen LogP contribution in [0.4, 0.5) is 17.6 Å². The molecular weight excluding hydrogens is 348 g/mol. The van der Waals surface area contributed by atoms with Crippen LogP contribution in [0.3, 0.4) is 0 Å². The Morgan fingerprint density at radius 2 is 1.79 bits per heavy atom. The summed E-state index contributed by atoms with van der Waals surface area (Å²) in [6.45, 7) is 0.0601. The van der Waals surface area contributed by atoms with Gasteiger partial charge < -0.3 is 5.73 Å². The fraction of sp³-hybridized carbons (Fsp3) is 0.600. The predicted molar refractivity (Wildman–Crippen MR) is 80.0 cm³/mol. The van der Waals surface area contributed by atoms with E-state index in [4.69, 9.17) is 5.73 Å². The summed E-state index contributed by atoms with van der Waals surface area (Å²) in [6.07, 6.45) is -1.69. The molecule has 0 unspecified atom stereocenters. The molecule has 0 amide bonds. The molecule has 1 aromatic carbocycles. The van der Waals surface area contributed by atoms with Crippen molar-refractivity contribution >= 4 is 10.0 Å². The number of alkyl halides is 3. The van der Waals surface area contributed by atoms with Crippen LogP contribution >= 0.6 is 0 Å². The second-order valence-electron chi connectivity index (χ2n) is 6.86. The van der Waals surface area contributed by atoms with Gasteiger partial charge in [0.25, 0.3) is 0 Å². The van der Waals surface area contributed by atoms with Gasteiger partial charge in [0, 0.05) is 12.1 Å². The van der Waals surface area contributed by atoms with Crippen LogP contribution in [0.1, 0.15) is 36.8 Å². The molecule has 2 aliphatic rings. The summed E-state index contributed by atoms with van der Waals surface area (Å²) in [5, 5.41) is 0. The summed E-state index contributed by atoms with van der Waals surface area (Å²) in [4.78, 5) is 0. The second-order valence-corrected chi connectivity index (χ2v) is 8.76. The second kappa shape index (κ2) is 5.15. The summed E-state index contributed by atoms with van der Waals surface area (Å²) in [5.74, 6) is -1.37. The quantitative estimate of drug-likeness (QED) is 0.815. The molecule has 0 radical (unpaired) electrons. The van der Waals surface area contributed by atoms with Crippen molar-refractivity contribution in [3.63, 3.8) is 0 Å². The van der Waals surface area contributed by atoms with Crippen LogP contribution in [0.2, 0.25) is 0 Å².